The van der Waals surface area contributed by atoms with Gasteiger partial charge in [-0.1, -0.05) is 6.92 Å². The van der Waals surface area contributed by atoms with Crippen LogP contribution >= 0.6 is 0 Å². The Bertz CT molecular complexity index is 252. The van der Waals surface area contributed by atoms with Crippen molar-refractivity contribution >= 4 is 11.8 Å². The van der Waals surface area contributed by atoms with Gasteiger partial charge in [-0.3, -0.25) is 9.59 Å². The van der Waals surface area contributed by atoms with E-state index in [0.29, 0.717) is 32.5 Å². The van der Waals surface area contributed by atoms with Crippen LogP contribution in [0, 0.1) is 0 Å². The van der Waals surface area contributed by atoms with Crippen molar-refractivity contribution in [1.82, 2.24) is 10.6 Å². The quantitative estimate of drug-likeness (QED) is 0.635. The number of amides is 2. The maximum Gasteiger partial charge on any atom is 0.222 e. The van der Waals surface area contributed by atoms with Gasteiger partial charge in [-0.2, -0.15) is 0 Å². The van der Waals surface area contributed by atoms with Crippen LogP contribution in [0.2, 0.25) is 0 Å². The van der Waals surface area contributed by atoms with Gasteiger partial charge in [0.1, 0.15) is 0 Å². The summed E-state index contributed by atoms with van der Waals surface area (Å²) < 4.78 is 5.68. The number of hydrogen-bond acceptors (Lipinski definition) is 3. The molecule has 0 aliphatic rings. The van der Waals surface area contributed by atoms with E-state index in [4.69, 9.17) is 4.74 Å². The van der Waals surface area contributed by atoms with Gasteiger partial charge in [0.2, 0.25) is 11.8 Å². The zero-order valence-corrected chi connectivity index (χ0v) is 12.7. The molecule has 2 N–H and O–H groups in total. The highest BCUT2D eigenvalue weighted by Crippen LogP contribution is 2.13. The fraction of sp³-hybridized carbons (Fsp3) is 0.857. The van der Waals surface area contributed by atoms with E-state index in [-0.39, 0.29) is 17.4 Å². The van der Waals surface area contributed by atoms with Gasteiger partial charge in [0.05, 0.1) is 12.2 Å². The first-order chi connectivity index (χ1) is 8.91. The zero-order valence-electron chi connectivity index (χ0n) is 12.7. The first-order valence-electron chi connectivity index (χ1n) is 7.08. The van der Waals surface area contributed by atoms with E-state index >= 15 is 0 Å². The van der Waals surface area contributed by atoms with Crippen LogP contribution in [0.15, 0.2) is 0 Å². The van der Waals surface area contributed by atoms with Crippen molar-refractivity contribution in [2.24, 2.45) is 0 Å². The minimum absolute atomic E-state index is 0.00884. The van der Waals surface area contributed by atoms with Crippen LogP contribution < -0.4 is 10.6 Å². The summed E-state index contributed by atoms with van der Waals surface area (Å²) in [6, 6.07) is 0. The largest absolute Gasteiger partial charge is 0.375 e. The Balaban J connectivity index is 3.73. The lowest BCUT2D eigenvalue weighted by atomic mass is 10.1. The van der Waals surface area contributed by atoms with Crippen LogP contribution in [-0.2, 0) is 14.3 Å². The molecule has 19 heavy (non-hydrogen) atoms. The zero-order chi connectivity index (χ0) is 14.7. The average Bonchev–Trinajstić information content (AvgIpc) is 2.29. The smallest absolute Gasteiger partial charge is 0.222 e. The molecule has 0 rings (SSSR count). The van der Waals surface area contributed by atoms with Crippen molar-refractivity contribution in [2.45, 2.75) is 59.0 Å². The lowest BCUT2D eigenvalue weighted by Gasteiger charge is -2.25. The second-order valence-corrected chi connectivity index (χ2v) is 5.16. The van der Waals surface area contributed by atoms with Crippen LogP contribution in [0.1, 0.15) is 53.4 Å². The van der Waals surface area contributed by atoms with Gasteiger partial charge in [-0.25, -0.2) is 0 Å². The van der Waals surface area contributed by atoms with E-state index in [0.717, 1.165) is 12.8 Å². The summed E-state index contributed by atoms with van der Waals surface area (Å²) in [6.45, 7) is 9.46. The third kappa shape index (κ3) is 10.5. The van der Waals surface area contributed by atoms with E-state index in [1.165, 1.54) is 0 Å². The Morgan fingerprint density at radius 3 is 2.26 bits per heavy atom. The molecule has 0 aliphatic heterocycles. The Morgan fingerprint density at radius 1 is 1.05 bits per heavy atom. The molecule has 5 heteroatoms. The van der Waals surface area contributed by atoms with E-state index in [2.05, 4.69) is 10.6 Å². The second-order valence-electron chi connectivity index (χ2n) is 5.16. The van der Waals surface area contributed by atoms with Crippen LogP contribution in [-0.4, -0.2) is 37.1 Å². The Morgan fingerprint density at radius 2 is 1.68 bits per heavy atom. The number of rotatable bonds is 10. The lowest BCUT2D eigenvalue weighted by Crippen LogP contribution is -2.34. The fourth-order valence-electron chi connectivity index (χ4n) is 1.60. The van der Waals surface area contributed by atoms with Crippen LogP contribution in [0.5, 0.6) is 0 Å². The molecule has 0 atom stereocenters. The summed E-state index contributed by atoms with van der Waals surface area (Å²) in [5.41, 5.74) is -0.327. The maximum atomic E-state index is 11.3. The fourth-order valence-corrected chi connectivity index (χ4v) is 1.60. The Labute approximate surface area is 116 Å². The number of carbonyl (C=O) groups is 2. The van der Waals surface area contributed by atoms with Gasteiger partial charge < -0.3 is 15.4 Å². The molecular weight excluding hydrogens is 244 g/mol. The summed E-state index contributed by atoms with van der Waals surface area (Å²) in [6.07, 6.45) is 2.54. The van der Waals surface area contributed by atoms with Crippen LogP contribution in [0.4, 0.5) is 0 Å². The number of nitrogens with one attached hydrogen (secondary N) is 2. The average molecular weight is 272 g/mol. The van der Waals surface area contributed by atoms with Gasteiger partial charge in [0.15, 0.2) is 0 Å². The van der Waals surface area contributed by atoms with Crippen LogP contribution in [0.25, 0.3) is 0 Å². The van der Waals surface area contributed by atoms with E-state index in [9.17, 15) is 9.59 Å². The maximum absolute atomic E-state index is 11.3. The van der Waals surface area contributed by atoms with Gasteiger partial charge >= 0.3 is 0 Å². The minimum atomic E-state index is -0.327. The van der Waals surface area contributed by atoms with Crippen molar-refractivity contribution in [3.63, 3.8) is 0 Å². The standard InChI is InChI=1S/C14H28N2O3/c1-5-7-12(17)16-10-9-14(3,4)19-11-8-13(18)15-6-2/h5-11H2,1-4H3,(H,15,18)(H,16,17). The van der Waals surface area contributed by atoms with E-state index in [1.807, 2.05) is 27.7 Å². The molecule has 0 aromatic heterocycles. The molecular formula is C14H28N2O3. The normalized spacial score (nSPS) is 11.2. The monoisotopic (exact) mass is 272 g/mol. The molecule has 0 saturated carbocycles. The predicted molar refractivity (Wildman–Crippen MR) is 75.9 cm³/mol. The molecule has 0 heterocycles. The van der Waals surface area contributed by atoms with Crippen LogP contribution in [0.3, 0.4) is 0 Å². The Kier molecular flexibility index (Phi) is 9.21. The molecule has 0 saturated heterocycles. The highest BCUT2D eigenvalue weighted by molar-refractivity contribution is 5.76. The molecule has 5 nitrogen and oxygen atoms in total. The first kappa shape index (κ1) is 17.9. The molecule has 0 bridgehead atoms. The molecule has 2 amide bonds. The SMILES string of the molecule is CCCC(=O)NCCC(C)(C)OCCC(=O)NCC. The number of hydrogen-bond donors (Lipinski definition) is 2. The predicted octanol–water partition coefficient (Wildman–Crippen LogP) is 1.61. The topological polar surface area (TPSA) is 67.4 Å². The first-order valence-corrected chi connectivity index (χ1v) is 7.08. The molecule has 112 valence electrons. The van der Waals surface area contributed by atoms with Gasteiger partial charge in [-0.05, 0) is 33.6 Å². The highest BCUT2D eigenvalue weighted by atomic mass is 16.5. The highest BCUT2D eigenvalue weighted by Gasteiger charge is 2.18. The van der Waals surface area contributed by atoms with Crippen molar-refractivity contribution in [2.75, 3.05) is 19.7 Å². The molecule has 0 aromatic rings. The van der Waals surface area contributed by atoms with Crippen molar-refractivity contribution < 1.29 is 14.3 Å². The summed E-state index contributed by atoms with van der Waals surface area (Å²) in [5.74, 6) is 0.0928. The summed E-state index contributed by atoms with van der Waals surface area (Å²) >= 11 is 0. The lowest BCUT2D eigenvalue weighted by molar-refractivity contribution is -0.123. The van der Waals surface area contributed by atoms with Crippen molar-refractivity contribution in [3.8, 4) is 0 Å². The van der Waals surface area contributed by atoms with E-state index < -0.39 is 0 Å². The van der Waals surface area contributed by atoms with Crippen molar-refractivity contribution in [3.05, 3.63) is 0 Å². The molecule has 0 fully saturated rings. The third-order valence-electron chi connectivity index (χ3n) is 2.72. The van der Waals surface area contributed by atoms with Crippen molar-refractivity contribution in [1.29, 1.82) is 0 Å². The molecule has 0 spiro atoms. The summed E-state index contributed by atoms with van der Waals surface area (Å²) in [7, 11) is 0. The van der Waals surface area contributed by atoms with Gasteiger partial charge in [0.25, 0.3) is 0 Å². The second kappa shape index (κ2) is 9.78. The number of ether oxygens (including phenoxy) is 1. The molecule has 0 aromatic carbocycles. The van der Waals surface area contributed by atoms with Gasteiger partial charge in [-0.15, -0.1) is 0 Å². The number of carbonyl (C=O) groups excluding carboxylic acids is 2. The summed E-state index contributed by atoms with van der Waals surface area (Å²) in [5, 5.41) is 5.59. The van der Waals surface area contributed by atoms with Gasteiger partial charge in [0, 0.05) is 25.9 Å². The van der Waals surface area contributed by atoms with E-state index in [1.54, 1.807) is 0 Å². The molecule has 0 radical (unpaired) electrons. The Hall–Kier alpha value is -1.10. The molecule has 0 aliphatic carbocycles. The molecule has 0 unspecified atom stereocenters. The minimum Gasteiger partial charge on any atom is -0.375 e. The third-order valence-corrected chi connectivity index (χ3v) is 2.72. The summed E-state index contributed by atoms with van der Waals surface area (Å²) in [4.78, 5) is 22.6.